The van der Waals surface area contributed by atoms with E-state index in [-0.39, 0.29) is 15.0 Å². The predicted molar refractivity (Wildman–Crippen MR) is 96.7 cm³/mol. The molecule has 0 N–H and O–H groups in total. The van der Waals surface area contributed by atoms with Crippen LogP contribution >= 0.6 is 58.2 Å². The summed E-state index contributed by atoms with van der Waals surface area (Å²) in [6.07, 6.45) is 1.67. The number of halogens is 2. The van der Waals surface area contributed by atoms with Gasteiger partial charge in [0.15, 0.2) is 0 Å². The van der Waals surface area contributed by atoms with Gasteiger partial charge in [-0.2, -0.15) is 0 Å². The molecule has 0 spiro atoms. The average molecular weight is 525 g/mol. The summed E-state index contributed by atoms with van der Waals surface area (Å²) in [5, 5.41) is 0. The quantitative estimate of drug-likeness (QED) is 0.225. The number of carbonyl (C=O) groups excluding carboxylic acids is 1. The Hall–Kier alpha value is 0.820. The largest absolute Gasteiger partial charge is 0.465 e. The third-order valence-corrected chi connectivity index (χ3v) is 6.30. The predicted octanol–water partition coefficient (Wildman–Crippen LogP) is 4.66. The first-order valence-electron chi connectivity index (χ1n) is 5.50. The summed E-state index contributed by atoms with van der Waals surface area (Å²) in [5.74, 6) is -0.305. The Balaban J connectivity index is 2.87. The molecule has 1 heterocycles. The molecule has 0 aliphatic rings. The molecule has 0 amide bonds. The number of esters is 1. The first-order valence-corrected chi connectivity index (χ1v) is 13.8. The van der Waals surface area contributed by atoms with Gasteiger partial charge in [-0.05, 0) is 70.1 Å². The van der Waals surface area contributed by atoms with E-state index in [0.29, 0.717) is 12.3 Å². The normalized spacial score (nSPS) is 14.2. The molecule has 1 aromatic heterocycles. The molecule has 0 fully saturated rings. The number of nitrogens with zero attached hydrogens (tertiary/aromatic N) is 1. The second kappa shape index (κ2) is 8.96. The Morgan fingerprint density at radius 3 is 2.79 bits per heavy atom. The number of aromatic nitrogens is 1. The lowest BCUT2D eigenvalue weighted by atomic mass is 9.87. The monoisotopic (exact) mass is 525 g/mol. The highest BCUT2D eigenvalue weighted by Crippen LogP contribution is 2.65. The Morgan fingerprint density at radius 1 is 1.53 bits per heavy atom. The summed E-state index contributed by atoms with van der Waals surface area (Å²) in [5.41, 5.74) is -0.205. The van der Waals surface area contributed by atoms with Crippen LogP contribution in [0, 0.1) is 0 Å². The van der Waals surface area contributed by atoms with Crippen molar-refractivity contribution in [1.29, 1.82) is 0 Å². The second-order valence-electron chi connectivity index (χ2n) is 3.81. The van der Waals surface area contributed by atoms with E-state index in [0.717, 1.165) is 0 Å². The SMILES string of the molecule is CCOC(=O)C(C)(COSP(I)I)c1ccccn1. The van der Waals surface area contributed by atoms with E-state index in [1.807, 2.05) is 18.2 Å². The van der Waals surface area contributed by atoms with Crippen molar-refractivity contribution in [2.45, 2.75) is 19.3 Å². The van der Waals surface area contributed by atoms with E-state index < -0.39 is 5.41 Å². The molecule has 8 heteroatoms. The van der Waals surface area contributed by atoms with Crippen LogP contribution in [0.5, 0.6) is 0 Å². The first kappa shape index (κ1) is 17.9. The second-order valence-corrected chi connectivity index (χ2v) is 21.4. The fourth-order valence-corrected chi connectivity index (χ4v) is 4.21. The molecule has 0 saturated carbocycles. The standard InChI is InChI=1S/C11H14I2NO3PS/c1-3-16-10(15)11(2,8-17-19-18(12)13)9-6-4-5-7-14-9/h4-7H,3,8H2,1-2H3. The van der Waals surface area contributed by atoms with Crippen LogP contribution in [0.3, 0.4) is 0 Å². The Bertz CT molecular complexity index is 410. The molecular formula is C11H14I2NO3PS. The van der Waals surface area contributed by atoms with Crippen molar-refractivity contribution in [1.82, 2.24) is 4.98 Å². The van der Waals surface area contributed by atoms with Crippen LogP contribution in [0.15, 0.2) is 24.4 Å². The molecule has 0 saturated heterocycles. The minimum Gasteiger partial charge on any atom is -0.465 e. The lowest BCUT2D eigenvalue weighted by molar-refractivity contribution is -0.150. The van der Waals surface area contributed by atoms with Gasteiger partial charge in [0, 0.05) is 17.9 Å². The maximum atomic E-state index is 12.2. The number of hydrogen-bond acceptors (Lipinski definition) is 5. The van der Waals surface area contributed by atoms with Crippen molar-refractivity contribution >= 4 is 64.1 Å². The van der Waals surface area contributed by atoms with Gasteiger partial charge in [-0.15, -0.1) is 0 Å². The number of rotatable bonds is 7. The molecule has 0 aliphatic carbocycles. The van der Waals surface area contributed by atoms with Gasteiger partial charge in [0.05, 0.1) is 18.9 Å². The molecule has 19 heavy (non-hydrogen) atoms. The smallest absolute Gasteiger partial charge is 0.320 e. The lowest BCUT2D eigenvalue weighted by Crippen LogP contribution is -2.39. The molecule has 0 radical (unpaired) electrons. The van der Waals surface area contributed by atoms with Gasteiger partial charge in [-0.1, -0.05) is 6.07 Å². The van der Waals surface area contributed by atoms with E-state index in [9.17, 15) is 4.79 Å². The van der Waals surface area contributed by atoms with E-state index in [4.69, 9.17) is 8.92 Å². The maximum Gasteiger partial charge on any atom is 0.320 e. The van der Waals surface area contributed by atoms with Crippen LogP contribution in [-0.4, -0.2) is 24.2 Å². The van der Waals surface area contributed by atoms with Crippen LogP contribution in [0.1, 0.15) is 19.5 Å². The van der Waals surface area contributed by atoms with Crippen LogP contribution < -0.4 is 0 Å². The van der Waals surface area contributed by atoms with Crippen molar-refractivity contribution in [3.63, 3.8) is 0 Å². The molecule has 1 unspecified atom stereocenters. The van der Waals surface area contributed by atoms with Crippen LogP contribution in [0.25, 0.3) is 0 Å². The van der Waals surface area contributed by atoms with Gasteiger partial charge in [0.25, 0.3) is 0 Å². The maximum absolute atomic E-state index is 12.2. The zero-order chi connectivity index (χ0) is 14.3. The van der Waals surface area contributed by atoms with Crippen molar-refractivity contribution in [3.8, 4) is 0 Å². The van der Waals surface area contributed by atoms with Gasteiger partial charge in [-0.25, -0.2) is 0 Å². The van der Waals surface area contributed by atoms with E-state index >= 15 is 0 Å². The van der Waals surface area contributed by atoms with E-state index in [1.165, 1.54) is 11.7 Å². The minimum absolute atomic E-state index is 0.248. The molecule has 0 bridgehead atoms. The summed E-state index contributed by atoms with van der Waals surface area (Å²) in [6.45, 7) is 4.19. The zero-order valence-electron chi connectivity index (χ0n) is 10.5. The summed E-state index contributed by atoms with van der Waals surface area (Å²) < 4.78 is 10.4. The fourth-order valence-electron chi connectivity index (χ4n) is 1.40. The highest BCUT2D eigenvalue weighted by Gasteiger charge is 2.39. The van der Waals surface area contributed by atoms with Gasteiger partial charge in [0.1, 0.15) is 7.82 Å². The number of hydrogen-bond donors (Lipinski definition) is 0. The number of carbonyl (C=O) groups is 1. The number of ether oxygens (including phenoxy) is 1. The molecular weight excluding hydrogens is 511 g/mol. The van der Waals surface area contributed by atoms with Crippen LogP contribution in [-0.2, 0) is 19.1 Å². The highest BCUT2D eigenvalue weighted by molar-refractivity contribution is 14.3. The van der Waals surface area contributed by atoms with Crippen molar-refractivity contribution < 1.29 is 13.7 Å². The van der Waals surface area contributed by atoms with E-state index in [1.54, 1.807) is 20.0 Å². The van der Waals surface area contributed by atoms with Crippen LogP contribution in [0.4, 0.5) is 0 Å². The molecule has 0 aliphatic heterocycles. The molecule has 1 atom stereocenters. The van der Waals surface area contributed by atoms with E-state index in [2.05, 4.69) is 49.1 Å². The lowest BCUT2D eigenvalue weighted by Gasteiger charge is -2.25. The fraction of sp³-hybridized carbons (Fsp3) is 0.455. The molecule has 106 valence electrons. The average Bonchev–Trinajstić information content (AvgIpc) is 2.39. The van der Waals surface area contributed by atoms with Crippen molar-refractivity contribution in [2.75, 3.05) is 13.2 Å². The van der Waals surface area contributed by atoms with Gasteiger partial charge >= 0.3 is 5.97 Å². The summed E-state index contributed by atoms with van der Waals surface area (Å²) in [7, 11) is 0. The third-order valence-electron chi connectivity index (χ3n) is 2.41. The molecule has 4 nitrogen and oxygen atoms in total. The molecule has 1 rings (SSSR count). The van der Waals surface area contributed by atoms with Gasteiger partial charge in [0.2, 0.25) is 0 Å². The van der Waals surface area contributed by atoms with Crippen LogP contribution in [0.2, 0.25) is 0 Å². The Kier molecular flexibility index (Phi) is 8.43. The molecule has 0 aromatic carbocycles. The zero-order valence-corrected chi connectivity index (χ0v) is 16.5. The highest BCUT2D eigenvalue weighted by atomic mass is 127. The molecule has 1 aromatic rings. The Labute approximate surface area is 144 Å². The summed E-state index contributed by atoms with van der Waals surface area (Å²) >= 11 is 5.99. The van der Waals surface area contributed by atoms with Crippen molar-refractivity contribution in [2.24, 2.45) is 0 Å². The summed E-state index contributed by atoms with van der Waals surface area (Å²) in [4.78, 5) is 16.5. The minimum atomic E-state index is -0.872. The number of pyridine rings is 1. The first-order chi connectivity index (χ1) is 9.00. The van der Waals surface area contributed by atoms with Gasteiger partial charge in [-0.3, -0.25) is 9.78 Å². The topological polar surface area (TPSA) is 48.4 Å². The summed E-state index contributed by atoms with van der Waals surface area (Å²) in [6, 6.07) is 5.50. The third kappa shape index (κ3) is 5.61. The Morgan fingerprint density at radius 2 is 2.26 bits per heavy atom. The van der Waals surface area contributed by atoms with Gasteiger partial charge < -0.3 is 8.92 Å². The van der Waals surface area contributed by atoms with Crippen molar-refractivity contribution in [3.05, 3.63) is 30.1 Å².